The Morgan fingerprint density at radius 3 is 2.65 bits per heavy atom. The van der Waals surface area contributed by atoms with Gasteiger partial charge in [-0.3, -0.25) is 9.78 Å². The number of hydrogen-bond acceptors (Lipinski definition) is 4. The minimum absolute atomic E-state index is 0.294. The number of esters is 1. The number of nitrogens with one attached hydrogen (secondary N) is 1. The molecule has 0 atom stereocenters. The minimum atomic E-state index is -0.517. The number of para-hydroxylation sites is 1. The standard InChI is InChI=1S/C18H22N2O3/c1-5-18(3,4)20-16(21)11-23-17(22)14-10-12(2)19-15-9-7-6-8-13(14)15/h6-10H,5,11H2,1-4H3,(H,20,21). The van der Waals surface area contributed by atoms with Crippen LogP contribution in [0.3, 0.4) is 0 Å². The van der Waals surface area contributed by atoms with Gasteiger partial charge in [-0.15, -0.1) is 0 Å². The smallest absolute Gasteiger partial charge is 0.339 e. The molecule has 1 amide bonds. The summed E-state index contributed by atoms with van der Waals surface area (Å²) in [5.41, 5.74) is 1.57. The number of amides is 1. The number of hydrogen-bond donors (Lipinski definition) is 1. The number of pyridine rings is 1. The minimum Gasteiger partial charge on any atom is -0.452 e. The number of nitrogens with zero attached hydrogens (tertiary/aromatic N) is 1. The monoisotopic (exact) mass is 314 g/mol. The molecule has 0 saturated carbocycles. The number of carbonyl (C=O) groups is 2. The first kappa shape index (κ1) is 16.9. The Hall–Kier alpha value is -2.43. The molecule has 0 unspecified atom stereocenters. The molecule has 0 spiro atoms. The van der Waals surface area contributed by atoms with Gasteiger partial charge in [0.15, 0.2) is 6.61 Å². The van der Waals surface area contributed by atoms with Crippen molar-refractivity contribution in [2.24, 2.45) is 0 Å². The van der Waals surface area contributed by atoms with Gasteiger partial charge < -0.3 is 10.1 Å². The van der Waals surface area contributed by atoms with Crippen LogP contribution in [-0.2, 0) is 9.53 Å². The second kappa shape index (κ2) is 6.77. The predicted octanol–water partition coefficient (Wildman–Crippen LogP) is 3.00. The first-order chi connectivity index (χ1) is 10.8. The molecule has 0 aliphatic carbocycles. The average molecular weight is 314 g/mol. The topological polar surface area (TPSA) is 68.3 Å². The summed E-state index contributed by atoms with van der Waals surface area (Å²) in [4.78, 5) is 28.6. The van der Waals surface area contributed by atoms with Gasteiger partial charge in [0, 0.05) is 16.6 Å². The summed E-state index contributed by atoms with van der Waals surface area (Å²) in [5.74, 6) is -0.823. The van der Waals surface area contributed by atoms with E-state index in [0.29, 0.717) is 5.56 Å². The van der Waals surface area contributed by atoms with Crippen molar-refractivity contribution in [1.82, 2.24) is 10.3 Å². The number of aryl methyl sites for hydroxylation is 1. The molecule has 1 heterocycles. The molecular formula is C18H22N2O3. The third-order valence-corrected chi connectivity index (χ3v) is 3.76. The van der Waals surface area contributed by atoms with Gasteiger partial charge >= 0.3 is 5.97 Å². The second-order valence-corrected chi connectivity index (χ2v) is 6.19. The van der Waals surface area contributed by atoms with E-state index in [0.717, 1.165) is 23.0 Å². The Labute approximate surface area is 136 Å². The SMILES string of the molecule is CCC(C)(C)NC(=O)COC(=O)c1cc(C)nc2ccccc12. The molecule has 122 valence electrons. The van der Waals surface area contributed by atoms with E-state index in [4.69, 9.17) is 4.74 Å². The summed E-state index contributed by atoms with van der Waals surface area (Å²) in [6, 6.07) is 9.05. The van der Waals surface area contributed by atoms with Gasteiger partial charge in [-0.1, -0.05) is 25.1 Å². The Kier molecular flexibility index (Phi) is 4.98. The summed E-state index contributed by atoms with van der Waals surface area (Å²) < 4.78 is 5.16. The van der Waals surface area contributed by atoms with Crippen LogP contribution in [0.25, 0.3) is 10.9 Å². The summed E-state index contributed by atoms with van der Waals surface area (Å²) in [5, 5.41) is 3.55. The van der Waals surface area contributed by atoms with Crippen LogP contribution in [0.4, 0.5) is 0 Å². The molecule has 0 fully saturated rings. The van der Waals surface area contributed by atoms with Crippen molar-refractivity contribution >= 4 is 22.8 Å². The molecule has 0 aliphatic rings. The van der Waals surface area contributed by atoms with Crippen molar-refractivity contribution in [1.29, 1.82) is 0 Å². The zero-order valence-corrected chi connectivity index (χ0v) is 14.0. The highest BCUT2D eigenvalue weighted by Crippen LogP contribution is 2.19. The first-order valence-electron chi connectivity index (χ1n) is 7.67. The molecule has 0 saturated heterocycles. The van der Waals surface area contributed by atoms with Gasteiger partial charge in [-0.2, -0.15) is 0 Å². The summed E-state index contributed by atoms with van der Waals surface area (Å²) in [7, 11) is 0. The number of ether oxygens (including phenoxy) is 1. The maximum atomic E-state index is 12.3. The van der Waals surface area contributed by atoms with E-state index in [1.54, 1.807) is 6.07 Å². The van der Waals surface area contributed by atoms with E-state index in [9.17, 15) is 9.59 Å². The summed E-state index contributed by atoms with van der Waals surface area (Å²) >= 11 is 0. The first-order valence-corrected chi connectivity index (χ1v) is 7.67. The highest BCUT2D eigenvalue weighted by molar-refractivity contribution is 6.04. The zero-order valence-electron chi connectivity index (χ0n) is 14.0. The van der Waals surface area contributed by atoms with E-state index >= 15 is 0 Å². The number of benzene rings is 1. The van der Waals surface area contributed by atoms with E-state index in [2.05, 4.69) is 10.3 Å². The van der Waals surface area contributed by atoms with Gasteiger partial charge in [0.05, 0.1) is 11.1 Å². The van der Waals surface area contributed by atoms with Gasteiger partial charge in [0.2, 0.25) is 0 Å². The van der Waals surface area contributed by atoms with Crippen molar-refractivity contribution in [2.75, 3.05) is 6.61 Å². The van der Waals surface area contributed by atoms with Crippen molar-refractivity contribution in [3.05, 3.63) is 41.6 Å². The molecule has 2 rings (SSSR count). The van der Waals surface area contributed by atoms with Crippen molar-refractivity contribution in [2.45, 2.75) is 39.7 Å². The van der Waals surface area contributed by atoms with Crippen LogP contribution in [0.5, 0.6) is 0 Å². The normalized spacial score (nSPS) is 11.3. The Morgan fingerprint density at radius 1 is 1.26 bits per heavy atom. The third kappa shape index (κ3) is 4.28. The van der Waals surface area contributed by atoms with E-state index in [1.165, 1.54) is 0 Å². The zero-order chi connectivity index (χ0) is 17.0. The van der Waals surface area contributed by atoms with Crippen LogP contribution >= 0.6 is 0 Å². The molecule has 0 bridgehead atoms. The van der Waals surface area contributed by atoms with Crippen molar-refractivity contribution < 1.29 is 14.3 Å². The molecular weight excluding hydrogens is 292 g/mol. The van der Waals surface area contributed by atoms with Gasteiger partial charge in [0.1, 0.15) is 0 Å². The van der Waals surface area contributed by atoms with Crippen LogP contribution in [0, 0.1) is 6.92 Å². The van der Waals surface area contributed by atoms with E-state index in [-0.39, 0.29) is 18.1 Å². The Balaban J connectivity index is 2.11. The number of carbonyl (C=O) groups excluding carboxylic acids is 2. The Morgan fingerprint density at radius 2 is 1.96 bits per heavy atom. The maximum absolute atomic E-state index is 12.3. The maximum Gasteiger partial charge on any atom is 0.339 e. The number of rotatable bonds is 5. The molecule has 1 aromatic carbocycles. The third-order valence-electron chi connectivity index (χ3n) is 3.76. The second-order valence-electron chi connectivity index (χ2n) is 6.19. The van der Waals surface area contributed by atoms with Crippen molar-refractivity contribution in [3.8, 4) is 0 Å². The largest absolute Gasteiger partial charge is 0.452 e. The molecule has 0 aliphatic heterocycles. The lowest BCUT2D eigenvalue weighted by molar-refractivity contribution is -0.125. The van der Waals surface area contributed by atoms with Crippen molar-refractivity contribution in [3.63, 3.8) is 0 Å². The van der Waals surface area contributed by atoms with Gasteiger partial charge in [0.25, 0.3) is 5.91 Å². The predicted molar refractivity (Wildman–Crippen MR) is 89.3 cm³/mol. The van der Waals surface area contributed by atoms with E-state index < -0.39 is 5.97 Å². The lowest BCUT2D eigenvalue weighted by atomic mass is 10.0. The molecule has 23 heavy (non-hydrogen) atoms. The summed E-state index contributed by atoms with van der Waals surface area (Å²) in [6.07, 6.45) is 0.793. The van der Waals surface area contributed by atoms with Crippen LogP contribution in [0.1, 0.15) is 43.2 Å². The summed E-state index contributed by atoms with van der Waals surface area (Å²) in [6.45, 7) is 7.36. The highest BCUT2D eigenvalue weighted by Gasteiger charge is 2.20. The fraction of sp³-hybridized carbons (Fsp3) is 0.389. The lowest BCUT2D eigenvalue weighted by Gasteiger charge is -2.24. The van der Waals surface area contributed by atoms with Crippen LogP contribution in [-0.4, -0.2) is 29.0 Å². The molecule has 5 heteroatoms. The molecule has 2 aromatic rings. The van der Waals surface area contributed by atoms with Gasteiger partial charge in [-0.25, -0.2) is 4.79 Å². The lowest BCUT2D eigenvalue weighted by Crippen LogP contribution is -2.44. The average Bonchev–Trinajstić information content (AvgIpc) is 2.51. The van der Waals surface area contributed by atoms with Crippen LogP contribution in [0.15, 0.2) is 30.3 Å². The molecule has 0 radical (unpaired) electrons. The number of fused-ring (bicyclic) bond motifs is 1. The molecule has 1 aromatic heterocycles. The highest BCUT2D eigenvalue weighted by atomic mass is 16.5. The quantitative estimate of drug-likeness (QED) is 0.861. The van der Waals surface area contributed by atoms with Crippen LogP contribution < -0.4 is 5.32 Å². The Bertz CT molecular complexity index is 738. The fourth-order valence-electron chi connectivity index (χ4n) is 2.19. The van der Waals surface area contributed by atoms with Crippen LogP contribution in [0.2, 0.25) is 0 Å². The number of aromatic nitrogens is 1. The fourth-order valence-corrected chi connectivity index (χ4v) is 2.19. The molecule has 5 nitrogen and oxygen atoms in total. The molecule has 1 N–H and O–H groups in total. The van der Waals surface area contributed by atoms with Gasteiger partial charge in [-0.05, 0) is 39.3 Å². The van der Waals surface area contributed by atoms with E-state index in [1.807, 2.05) is 52.0 Å².